The summed E-state index contributed by atoms with van der Waals surface area (Å²) < 4.78 is 8.04. The Hall–Kier alpha value is -0.0000000000000000555. The number of rotatable bonds is 3. The summed E-state index contributed by atoms with van der Waals surface area (Å²) in [4.78, 5) is 0. The van der Waals surface area contributed by atoms with Gasteiger partial charge in [-0.1, -0.05) is 11.6 Å². The fourth-order valence-corrected chi connectivity index (χ4v) is 3.20. The Bertz CT molecular complexity index is 305. The fraction of sp³-hybridized carbons (Fsp3) is 0.750. The van der Waals surface area contributed by atoms with Crippen molar-refractivity contribution in [3.8, 4) is 0 Å². The zero-order valence-corrected chi connectivity index (χ0v) is 10.3. The molecule has 1 aromatic rings. The van der Waals surface area contributed by atoms with Crippen LogP contribution in [0, 0.1) is 0 Å². The van der Waals surface area contributed by atoms with Gasteiger partial charge in [0.1, 0.15) is 0 Å². The number of anilines is 1. The van der Waals surface area contributed by atoms with E-state index in [1.165, 1.54) is 19.3 Å². The maximum Gasteiger partial charge on any atom is 0.186 e. The van der Waals surface area contributed by atoms with Gasteiger partial charge in [-0.05, 0) is 25.5 Å². The first-order chi connectivity index (χ1) is 6.79. The third kappa shape index (κ3) is 2.32. The number of nitrogens with zero attached hydrogens (tertiary/aromatic N) is 2. The highest BCUT2D eigenvalue weighted by Crippen LogP contribution is 2.31. The summed E-state index contributed by atoms with van der Waals surface area (Å²) in [5, 5.41) is 4.64. The van der Waals surface area contributed by atoms with Crippen LogP contribution in [0.4, 0.5) is 5.82 Å². The van der Waals surface area contributed by atoms with E-state index < -0.39 is 0 Å². The average molecular weight is 250 g/mol. The lowest BCUT2D eigenvalue weighted by atomic mass is 10.2. The first kappa shape index (κ1) is 10.5. The SMILES string of the molecule is CSC1CCC(Nc2nsnc2Cl)C1. The van der Waals surface area contributed by atoms with E-state index in [0.717, 1.165) is 22.8 Å². The molecule has 0 amide bonds. The third-order valence-corrected chi connectivity index (χ3v) is 4.49. The zero-order valence-electron chi connectivity index (χ0n) is 7.86. The second-order valence-corrected chi connectivity index (χ2v) is 5.44. The normalized spacial score (nSPS) is 26.7. The van der Waals surface area contributed by atoms with Gasteiger partial charge in [0.2, 0.25) is 0 Å². The van der Waals surface area contributed by atoms with Crippen molar-refractivity contribution in [3.05, 3.63) is 5.15 Å². The lowest BCUT2D eigenvalue weighted by Gasteiger charge is -2.11. The Kier molecular flexibility index (Phi) is 3.52. The first-order valence-corrected chi connectivity index (χ1v) is 6.96. The Morgan fingerprint density at radius 3 is 2.93 bits per heavy atom. The van der Waals surface area contributed by atoms with Crippen LogP contribution in [0.3, 0.4) is 0 Å². The lowest BCUT2D eigenvalue weighted by molar-refractivity contribution is 0.754. The van der Waals surface area contributed by atoms with Crippen molar-refractivity contribution in [2.24, 2.45) is 0 Å². The summed E-state index contributed by atoms with van der Waals surface area (Å²) in [6.07, 6.45) is 5.87. The van der Waals surface area contributed by atoms with Crippen LogP contribution in [0.5, 0.6) is 0 Å². The number of hydrogen-bond acceptors (Lipinski definition) is 5. The third-order valence-electron chi connectivity index (χ3n) is 2.51. The minimum atomic E-state index is 0.502. The van der Waals surface area contributed by atoms with Crippen LogP contribution in [0.1, 0.15) is 19.3 Å². The molecule has 2 rings (SSSR count). The summed E-state index contributed by atoms with van der Waals surface area (Å²) in [6, 6.07) is 0.522. The van der Waals surface area contributed by atoms with Crippen molar-refractivity contribution in [1.82, 2.24) is 8.75 Å². The van der Waals surface area contributed by atoms with Gasteiger partial charge in [0.05, 0.1) is 11.7 Å². The summed E-state index contributed by atoms with van der Waals surface area (Å²) in [6.45, 7) is 0. The molecular weight excluding hydrogens is 238 g/mol. The molecular formula is C8H12ClN3S2. The van der Waals surface area contributed by atoms with Crippen LogP contribution in [0.15, 0.2) is 0 Å². The van der Waals surface area contributed by atoms with Crippen molar-refractivity contribution in [3.63, 3.8) is 0 Å². The van der Waals surface area contributed by atoms with Gasteiger partial charge in [-0.15, -0.1) is 0 Å². The Labute approximate surface area is 97.0 Å². The quantitative estimate of drug-likeness (QED) is 0.894. The Morgan fingerprint density at radius 1 is 1.50 bits per heavy atom. The monoisotopic (exact) mass is 249 g/mol. The minimum Gasteiger partial charge on any atom is -0.364 e. The van der Waals surface area contributed by atoms with Gasteiger partial charge < -0.3 is 5.32 Å². The van der Waals surface area contributed by atoms with Crippen molar-refractivity contribution in [2.45, 2.75) is 30.6 Å². The average Bonchev–Trinajstić information content (AvgIpc) is 2.77. The van der Waals surface area contributed by atoms with E-state index in [1.807, 2.05) is 11.8 Å². The molecule has 2 unspecified atom stereocenters. The van der Waals surface area contributed by atoms with Crippen molar-refractivity contribution < 1.29 is 0 Å². The molecule has 1 heterocycles. The molecule has 78 valence electrons. The summed E-state index contributed by atoms with van der Waals surface area (Å²) in [5.41, 5.74) is 0. The number of hydrogen-bond donors (Lipinski definition) is 1. The van der Waals surface area contributed by atoms with E-state index in [9.17, 15) is 0 Å². The zero-order chi connectivity index (χ0) is 9.97. The molecule has 0 saturated heterocycles. The van der Waals surface area contributed by atoms with E-state index >= 15 is 0 Å². The van der Waals surface area contributed by atoms with Gasteiger partial charge in [-0.3, -0.25) is 0 Å². The van der Waals surface area contributed by atoms with Gasteiger partial charge in [-0.25, -0.2) is 0 Å². The van der Waals surface area contributed by atoms with E-state index in [0.29, 0.717) is 11.2 Å². The predicted molar refractivity (Wildman–Crippen MR) is 63.5 cm³/mol. The van der Waals surface area contributed by atoms with Crippen molar-refractivity contribution >= 4 is 40.9 Å². The smallest absolute Gasteiger partial charge is 0.186 e. The maximum absolute atomic E-state index is 5.86. The highest BCUT2D eigenvalue weighted by molar-refractivity contribution is 7.99. The minimum absolute atomic E-state index is 0.502. The number of thioether (sulfide) groups is 1. The molecule has 1 aliphatic rings. The van der Waals surface area contributed by atoms with Crippen LogP contribution < -0.4 is 5.32 Å². The van der Waals surface area contributed by atoms with Gasteiger partial charge in [0.25, 0.3) is 0 Å². The number of nitrogens with one attached hydrogen (secondary N) is 1. The predicted octanol–water partition coefficient (Wildman–Crippen LogP) is 2.89. The molecule has 0 aromatic carbocycles. The molecule has 1 saturated carbocycles. The number of aromatic nitrogens is 2. The van der Waals surface area contributed by atoms with Crippen LogP contribution in [0.25, 0.3) is 0 Å². The van der Waals surface area contributed by atoms with Crippen molar-refractivity contribution in [1.29, 1.82) is 0 Å². The first-order valence-electron chi connectivity index (χ1n) is 4.57. The fourth-order valence-electron chi connectivity index (χ4n) is 1.74. The Morgan fingerprint density at radius 2 is 2.36 bits per heavy atom. The standard InChI is InChI=1S/C8H12ClN3S2/c1-13-6-3-2-5(4-6)10-8-7(9)11-14-12-8/h5-6H,2-4H2,1H3,(H,10,12). The van der Waals surface area contributed by atoms with Gasteiger partial charge in [-0.2, -0.15) is 20.5 Å². The molecule has 1 aromatic heterocycles. The maximum atomic E-state index is 5.86. The van der Waals surface area contributed by atoms with E-state index in [4.69, 9.17) is 11.6 Å². The second-order valence-electron chi connectivity index (χ2n) is 3.42. The summed E-state index contributed by atoms with van der Waals surface area (Å²) >= 11 is 8.96. The van der Waals surface area contributed by atoms with Gasteiger partial charge in [0, 0.05) is 11.3 Å². The van der Waals surface area contributed by atoms with E-state index in [2.05, 4.69) is 20.3 Å². The summed E-state index contributed by atoms with van der Waals surface area (Å²) in [5.74, 6) is 0.753. The van der Waals surface area contributed by atoms with E-state index in [1.54, 1.807) is 0 Å². The molecule has 0 radical (unpaired) electrons. The van der Waals surface area contributed by atoms with Crippen LogP contribution in [-0.2, 0) is 0 Å². The highest BCUT2D eigenvalue weighted by Gasteiger charge is 2.24. The highest BCUT2D eigenvalue weighted by atomic mass is 35.5. The molecule has 0 aliphatic heterocycles. The molecule has 3 nitrogen and oxygen atoms in total. The largest absolute Gasteiger partial charge is 0.364 e. The molecule has 6 heteroatoms. The van der Waals surface area contributed by atoms with Gasteiger partial charge in [0.15, 0.2) is 11.0 Å². The lowest BCUT2D eigenvalue weighted by Crippen LogP contribution is -2.16. The topological polar surface area (TPSA) is 37.8 Å². The molecule has 1 fully saturated rings. The van der Waals surface area contributed by atoms with Gasteiger partial charge >= 0.3 is 0 Å². The molecule has 0 bridgehead atoms. The summed E-state index contributed by atoms with van der Waals surface area (Å²) in [7, 11) is 0. The van der Waals surface area contributed by atoms with E-state index in [-0.39, 0.29) is 0 Å². The van der Waals surface area contributed by atoms with Crippen LogP contribution >= 0.6 is 35.1 Å². The molecule has 1 N–H and O–H groups in total. The molecule has 14 heavy (non-hydrogen) atoms. The second kappa shape index (κ2) is 4.68. The van der Waals surface area contributed by atoms with Crippen molar-refractivity contribution in [2.75, 3.05) is 11.6 Å². The molecule has 0 spiro atoms. The molecule has 2 atom stereocenters. The number of halogens is 1. The Balaban J connectivity index is 1.90. The van der Waals surface area contributed by atoms with Crippen LogP contribution in [0.2, 0.25) is 5.15 Å². The molecule has 1 aliphatic carbocycles. The van der Waals surface area contributed by atoms with Crippen LogP contribution in [-0.4, -0.2) is 26.3 Å².